The van der Waals surface area contributed by atoms with Crippen LogP contribution >= 0.6 is 11.8 Å². The second-order valence-electron chi connectivity index (χ2n) is 6.64. The number of rotatable bonds is 4. The molecule has 23 heavy (non-hydrogen) atoms. The molecule has 1 aliphatic heterocycles. The molecule has 1 fully saturated rings. The molecule has 1 aromatic carbocycles. The minimum atomic E-state index is -0.384. The summed E-state index contributed by atoms with van der Waals surface area (Å²) in [7, 11) is 1.61. The van der Waals surface area contributed by atoms with Gasteiger partial charge in [-0.25, -0.2) is 0 Å². The Labute approximate surface area is 141 Å². The average molecular weight is 336 g/mol. The van der Waals surface area contributed by atoms with E-state index in [9.17, 15) is 9.59 Å². The van der Waals surface area contributed by atoms with Gasteiger partial charge in [-0.15, -0.1) is 11.8 Å². The topological polar surface area (TPSA) is 58.6 Å². The summed E-state index contributed by atoms with van der Waals surface area (Å²) in [4.78, 5) is 26.6. The first-order valence-corrected chi connectivity index (χ1v) is 8.78. The fourth-order valence-corrected chi connectivity index (χ4v) is 3.56. The van der Waals surface area contributed by atoms with Gasteiger partial charge in [-0.1, -0.05) is 12.1 Å². The lowest BCUT2D eigenvalue weighted by Gasteiger charge is -2.27. The van der Waals surface area contributed by atoms with E-state index in [1.807, 2.05) is 45.0 Å². The zero-order valence-electron chi connectivity index (χ0n) is 14.1. The Hall–Kier alpha value is -1.69. The zero-order valence-corrected chi connectivity index (χ0v) is 14.9. The summed E-state index contributed by atoms with van der Waals surface area (Å²) in [6.45, 7) is 5.82. The SMILES string of the molecule is COc1ccc(CC(=O)N2CSC[C@@H]2C(=O)NC(C)(C)C)cc1. The maximum absolute atomic E-state index is 12.6. The first-order chi connectivity index (χ1) is 10.8. The van der Waals surface area contributed by atoms with E-state index in [1.54, 1.807) is 23.8 Å². The summed E-state index contributed by atoms with van der Waals surface area (Å²) >= 11 is 1.61. The average Bonchev–Trinajstić information content (AvgIpc) is 2.96. The molecule has 6 heteroatoms. The van der Waals surface area contributed by atoms with Crippen LogP contribution in [0.3, 0.4) is 0 Å². The van der Waals surface area contributed by atoms with Crippen LogP contribution in [0.15, 0.2) is 24.3 Å². The van der Waals surface area contributed by atoms with Gasteiger partial charge in [0.2, 0.25) is 11.8 Å². The molecule has 0 unspecified atom stereocenters. The number of hydrogen-bond donors (Lipinski definition) is 1. The van der Waals surface area contributed by atoms with E-state index in [0.717, 1.165) is 11.3 Å². The van der Waals surface area contributed by atoms with E-state index in [4.69, 9.17) is 4.74 Å². The van der Waals surface area contributed by atoms with Crippen molar-refractivity contribution in [3.05, 3.63) is 29.8 Å². The Morgan fingerprint density at radius 3 is 2.52 bits per heavy atom. The van der Waals surface area contributed by atoms with Gasteiger partial charge in [0.1, 0.15) is 11.8 Å². The highest BCUT2D eigenvalue weighted by atomic mass is 32.2. The fourth-order valence-electron chi connectivity index (χ4n) is 2.38. The third-order valence-corrected chi connectivity index (χ3v) is 4.53. The third-order valence-electron chi connectivity index (χ3n) is 3.52. The molecular weight excluding hydrogens is 312 g/mol. The molecule has 1 saturated heterocycles. The van der Waals surface area contributed by atoms with Crippen LogP contribution in [0.1, 0.15) is 26.3 Å². The highest BCUT2D eigenvalue weighted by molar-refractivity contribution is 7.99. The molecule has 0 spiro atoms. The van der Waals surface area contributed by atoms with E-state index >= 15 is 0 Å². The molecule has 0 saturated carbocycles. The quantitative estimate of drug-likeness (QED) is 0.914. The van der Waals surface area contributed by atoms with Crippen molar-refractivity contribution in [1.29, 1.82) is 0 Å². The number of carbonyl (C=O) groups is 2. The molecule has 0 aromatic heterocycles. The first-order valence-electron chi connectivity index (χ1n) is 7.62. The van der Waals surface area contributed by atoms with Crippen LogP contribution in [0.25, 0.3) is 0 Å². The summed E-state index contributed by atoms with van der Waals surface area (Å²) in [5.41, 5.74) is 0.623. The van der Waals surface area contributed by atoms with Crippen LogP contribution < -0.4 is 10.1 Å². The van der Waals surface area contributed by atoms with Crippen molar-refractivity contribution in [2.75, 3.05) is 18.7 Å². The Morgan fingerprint density at radius 2 is 1.96 bits per heavy atom. The predicted octanol–water partition coefficient (Wildman–Crippen LogP) is 2.05. The number of nitrogens with zero attached hydrogens (tertiary/aromatic N) is 1. The molecule has 1 N–H and O–H groups in total. The predicted molar refractivity (Wildman–Crippen MR) is 92.6 cm³/mol. The maximum Gasteiger partial charge on any atom is 0.244 e. The van der Waals surface area contributed by atoms with Crippen molar-refractivity contribution in [2.24, 2.45) is 0 Å². The molecule has 0 radical (unpaired) electrons. The zero-order chi connectivity index (χ0) is 17.0. The van der Waals surface area contributed by atoms with Crippen molar-refractivity contribution in [3.63, 3.8) is 0 Å². The highest BCUT2D eigenvalue weighted by Crippen LogP contribution is 2.23. The van der Waals surface area contributed by atoms with Gasteiger partial charge in [0.05, 0.1) is 19.4 Å². The summed E-state index contributed by atoms with van der Waals surface area (Å²) in [5, 5.41) is 2.96. The smallest absolute Gasteiger partial charge is 0.244 e. The van der Waals surface area contributed by atoms with Crippen molar-refractivity contribution < 1.29 is 14.3 Å². The molecule has 0 aliphatic carbocycles. The van der Waals surface area contributed by atoms with Crippen molar-refractivity contribution in [1.82, 2.24) is 10.2 Å². The van der Waals surface area contributed by atoms with E-state index < -0.39 is 0 Å². The van der Waals surface area contributed by atoms with Gasteiger partial charge in [0.25, 0.3) is 0 Å². The van der Waals surface area contributed by atoms with Gasteiger partial charge in [-0.2, -0.15) is 0 Å². The number of ether oxygens (including phenoxy) is 1. The number of benzene rings is 1. The third kappa shape index (κ3) is 4.89. The number of thioether (sulfide) groups is 1. The lowest BCUT2D eigenvalue weighted by Crippen LogP contribution is -2.52. The largest absolute Gasteiger partial charge is 0.497 e. The minimum absolute atomic E-state index is 0.0192. The monoisotopic (exact) mass is 336 g/mol. The lowest BCUT2D eigenvalue weighted by atomic mass is 10.1. The van der Waals surface area contributed by atoms with Gasteiger partial charge in [-0.05, 0) is 38.5 Å². The van der Waals surface area contributed by atoms with Crippen LogP contribution in [0, 0.1) is 0 Å². The van der Waals surface area contributed by atoms with Crippen molar-refractivity contribution >= 4 is 23.6 Å². The van der Waals surface area contributed by atoms with Crippen molar-refractivity contribution in [2.45, 2.75) is 38.8 Å². The second-order valence-corrected chi connectivity index (χ2v) is 7.64. The second kappa shape index (κ2) is 7.25. The molecule has 1 atom stereocenters. The molecule has 1 heterocycles. The summed E-state index contributed by atoms with van der Waals surface area (Å²) in [6, 6.07) is 7.05. The molecule has 0 bridgehead atoms. The molecule has 2 amide bonds. The molecule has 1 aromatic rings. The number of hydrogen-bond acceptors (Lipinski definition) is 4. The van der Waals surface area contributed by atoms with Gasteiger partial charge in [-0.3, -0.25) is 9.59 Å². The Morgan fingerprint density at radius 1 is 1.30 bits per heavy atom. The fraction of sp³-hybridized carbons (Fsp3) is 0.529. The van der Waals surface area contributed by atoms with E-state index in [1.165, 1.54) is 0 Å². The van der Waals surface area contributed by atoms with E-state index in [-0.39, 0.29) is 23.4 Å². The van der Waals surface area contributed by atoms with Gasteiger partial charge >= 0.3 is 0 Å². The number of nitrogens with one attached hydrogen (secondary N) is 1. The van der Waals surface area contributed by atoms with Gasteiger partial charge in [0.15, 0.2) is 0 Å². The molecular formula is C17H24N2O3S. The number of methoxy groups -OCH3 is 1. The Kier molecular flexibility index (Phi) is 5.57. The highest BCUT2D eigenvalue weighted by Gasteiger charge is 2.35. The molecule has 1 aliphatic rings. The maximum atomic E-state index is 12.6. The molecule has 5 nitrogen and oxygen atoms in total. The molecule has 126 valence electrons. The number of carbonyl (C=O) groups excluding carboxylic acids is 2. The van der Waals surface area contributed by atoms with E-state index in [2.05, 4.69) is 5.32 Å². The molecule has 2 rings (SSSR count). The summed E-state index contributed by atoms with van der Waals surface area (Å²) in [5.74, 6) is 1.88. The standard InChI is InChI=1S/C17H24N2O3S/c1-17(2,3)18-16(21)14-10-23-11-19(14)15(20)9-12-5-7-13(22-4)8-6-12/h5-8,14H,9-11H2,1-4H3,(H,18,21)/t14-/m1/s1. The van der Waals surface area contributed by atoms with Gasteiger partial charge in [0, 0.05) is 11.3 Å². The van der Waals surface area contributed by atoms with Crippen LogP contribution in [-0.4, -0.2) is 47.0 Å². The van der Waals surface area contributed by atoms with Crippen LogP contribution in [0.4, 0.5) is 0 Å². The number of amides is 2. The van der Waals surface area contributed by atoms with Crippen LogP contribution in [-0.2, 0) is 16.0 Å². The van der Waals surface area contributed by atoms with Gasteiger partial charge < -0.3 is 15.0 Å². The summed E-state index contributed by atoms with van der Waals surface area (Å²) < 4.78 is 5.12. The summed E-state index contributed by atoms with van der Waals surface area (Å²) in [6.07, 6.45) is 0.295. The normalized spacial score (nSPS) is 17.9. The Bertz CT molecular complexity index is 566. The lowest BCUT2D eigenvalue weighted by molar-refractivity contribution is -0.138. The van der Waals surface area contributed by atoms with Crippen LogP contribution in [0.2, 0.25) is 0 Å². The Balaban J connectivity index is 2.00. The minimum Gasteiger partial charge on any atom is -0.497 e. The van der Waals surface area contributed by atoms with Crippen molar-refractivity contribution in [3.8, 4) is 5.75 Å². The van der Waals surface area contributed by atoms with Crippen LogP contribution in [0.5, 0.6) is 5.75 Å². The first kappa shape index (κ1) is 17.7. The van der Waals surface area contributed by atoms with E-state index in [0.29, 0.717) is 18.1 Å².